The summed E-state index contributed by atoms with van der Waals surface area (Å²) in [6.07, 6.45) is 3.96. The number of carbonyl (C=O) groups is 1. The van der Waals surface area contributed by atoms with Gasteiger partial charge in [-0.25, -0.2) is 0 Å². The lowest BCUT2D eigenvalue weighted by Crippen LogP contribution is -2.23. The van der Waals surface area contributed by atoms with Crippen LogP contribution in [0.2, 0.25) is 0 Å². The maximum absolute atomic E-state index is 13.4. The molecule has 2 heterocycles. The fourth-order valence-electron chi connectivity index (χ4n) is 4.36. The van der Waals surface area contributed by atoms with Crippen molar-refractivity contribution in [1.82, 2.24) is 4.98 Å². The predicted molar refractivity (Wildman–Crippen MR) is 118 cm³/mol. The molecule has 31 heavy (non-hydrogen) atoms. The molecule has 5 heteroatoms. The molecule has 1 saturated carbocycles. The van der Waals surface area contributed by atoms with Gasteiger partial charge in [0.15, 0.2) is 11.5 Å². The molecule has 0 spiro atoms. The van der Waals surface area contributed by atoms with Crippen LogP contribution in [0.25, 0.3) is 11.1 Å². The van der Waals surface area contributed by atoms with Gasteiger partial charge in [0.05, 0.1) is 18.2 Å². The Morgan fingerprint density at radius 3 is 2.48 bits per heavy atom. The van der Waals surface area contributed by atoms with Crippen molar-refractivity contribution in [2.45, 2.75) is 38.5 Å². The first kappa shape index (κ1) is 19.6. The summed E-state index contributed by atoms with van der Waals surface area (Å²) in [5.74, 6) is 2.52. The van der Waals surface area contributed by atoms with Crippen molar-refractivity contribution in [2.75, 3.05) is 13.9 Å². The molecule has 158 valence electrons. The number of ketones is 1. The zero-order chi connectivity index (χ0) is 21.6. The molecule has 0 unspecified atom stereocenters. The molecular formula is C26H25NO4. The van der Waals surface area contributed by atoms with Crippen LogP contribution in [-0.2, 0) is 16.6 Å². The second kappa shape index (κ2) is 7.41. The molecule has 5 nitrogen and oxygen atoms in total. The van der Waals surface area contributed by atoms with Gasteiger partial charge in [0.1, 0.15) is 11.5 Å². The highest BCUT2D eigenvalue weighted by Gasteiger charge is 2.51. The summed E-state index contributed by atoms with van der Waals surface area (Å²) >= 11 is 0. The minimum atomic E-state index is -0.419. The second-order valence-corrected chi connectivity index (χ2v) is 8.35. The van der Waals surface area contributed by atoms with Crippen molar-refractivity contribution in [3.8, 4) is 28.4 Å². The van der Waals surface area contributed by atoms with E-state index in [1.807, 2.05) is 48.7 Å². The Balaban J connectivity index is 1.39. The minimum absolute atomic E-state index is 0.221. The molecule has 2 aromatic carbocycles. The molecular weight excluding hydrogens is 390 g/mol. The van der Waals surface area contributed by atoms with Crippen LogP contribution in [0, 0.1) is 13.8 Å². The Hall–Kier alpha value is -3.34. The van der Waals surface area contributed by atoms with Gasteiger partial charge in [0.25, 0.3) is 0 Å². The van der Waals surface area contributed by atoms with E-state index in [1.54, 1.807) is 7.11 Å². The van der Waals surface area contributed by atoms with Gasteiger partial charge in [-0.15, -0.1) is 0 Å². The van der Waals surface area contributed by atoms with Crippen LogP contribution in [0.3, 0.4) is 0 Å². The maximum Gasteiger partial charge on any atom is 0.231 e. The van der Waals surface area contributed by atoms with Crippen LogP contribution in [0.1, 0.15) is 35.2 Å². The zero-order valence-electron chi connectivity index (χ0n) is 18.0. The number of carbonyl (C=O) groups excluding carboxylic acids is 1. The summed E-state index contributed by atoms with van der Waals surface area (Å²) in [6, 6.07) is 13.8. The SMILES string of the molecule is COc1ccc(-c2cnc(CC(=O)C3(c4ccc5c(c4)OCO5)CC3)c(C)c2C)cc1. The lowest BCUT2D eigenvalue weighted by molar-refractivity contribution is -0.120. The Morgan fingerprint density at radius 1 is 1.03 bits per heavy atom. The minimum Gasteiger partial charge on any atom is -0.497 e. The Morgan fingerprint density at radius 2 is 1.77 bits per heavy atom. The van der Waals surface area contributed by atoms with Crippen molar-refractivity contribution in [3.05, 3.63) is 71.0 Å². The van der Waals surface area contributed by atoms with Crippen LogP contribution in [0.15, 0.2) is 48.7 Å². The summed E-state index contributed by atoms with van der Waals surface area (Å²) in [5.41, 5.74) is 5.84. The molecule has 0 N–H and O–H groups in total. The number of methoxy groups -OCH3 is 1. The van der Waals surface area contributed by atoms with Gasteiger partial charge >= 0.3 is 0 Å². The zero-order valence-corrected chi connectivity index (χ0v) is 18.0. The Kier molecular flexibility index (Phi) is 4.69. The Bertz CT molecular complexity index is 1160. The van der Waals surface area contributed by atoms with Crippen LogP contribution in [-0.4, -0.2) is 24.7 Å². The monoisotopic (exact) mass is 415 g/mol. The third-order valence-corrected chi connectivity index (χ3v) is 6.69. The summed E-state index contributed by atoms with van der Waals surface area (Å²) in [5, 5.41) is 0. The summed E-state index contributed by atoms with van der Waals surface area (Å²) in [7, 11) is 1.66. The molecule has 3 aromatic rings. The van der Waals surface area contributed by atoms with Gasteiger partial charge in [-0.3, -0.25) is 9.78 Å². The van der Waals surface area contributed by atoms with E-state index in [2.05, 4.69) is 13.8 Å². The van der Waals surface area contributed by atoms with E-state index in [9.17, 15) is 4.79 Å². The maximum atomic E-state index is 13.4. The molecule has 1 aromatic heterocycles. The van der Waals surface area contributed by atoms with Gasteiger partial charge < -0.3 is 14.2 Å². The molecule has 1 fully saturated rings. The number of nitrogens with zero attached hydrogens (tertiary/aromatic N) is 1. The van der Waals surface area contributed by atoms with E-state index in [-0.39, 0.29) is 12.6 Å². The molecule has 0 atom stereocenters. The quantitative estimate of drug-likeness (QED) is 0.570. The Labute approximate surface area is 182 Å². The van der Waals surface area contributed by atoms with Gasteiger partial charge in [-0.05, 0) is 73.2 Å². The van der Waals surface area contributed by atoms with Crippen LogP contribution < -0.4 is 14.2 Å². The number of fused-ring (bicyclic) bond motifs is 1. The smallest absolute Gasteiger partial charge is 0.231 e. The number of benzene rings is 2. The van der Waals surface area contributed by atoms with Crippen LogP contribution >= 0.6 is 0 Å². The molecule has 5 rings (SSSR count). The first-order valence-corrected chi connectivity index (χ1v) is 10.5. The normalized spacial score (nSPS) is 15.6. The van der Waals surface area contributed by atoms with Crippen LogP contribution in [0.5, 0.6) is 17.2 Å². The van der Waals surface area contributed by atoms with Crippen molar-refractivity contribution >= 4 is 5.78 Å². The van der Waals surface area contributed by atoms with Gasteiger partial charge in [-0.2, -0.15) is 0 Å². The summed E-state index contributed by atoms with van der Waals surface area (Å²) in [4.78, 5) is 18.1. The summed E-state index contributed by atoms with van der Waals surface area (Å²) in [6.45, 7) is 4.38. The number of rotatable bonds is 6. The highest BCUT2D eigenvalue weighted by Crippen LogP contribution is 2.51. The third kappa shape index (κ3) is 3.34. The van der Waals surface area contributed by atoms with Crippen molar-refractivity contribution in [1.29, 1.82) is 0 Å². The van der Waals surface area contributed by atoms with Gasteiger partial charge in [0, 0.05) is 18.2 Å². The highest BCUT2D eigenvalue weighted by molar-refractivity contribution is 5.94. The van der Waals surface area contributed by atoms with E-state index in [0.717, 1.165) is 63.6 Å². The number of hydrogen-bond acceptors (Lipinski definition) is 5. The molecule has 1 aliphatic carbocycles. The van der Waals surface area contributed by atoms with E-state index < -0.39 is 5.41 Å². The molecule has 0 radical (unpaired) electrons. The molecule has 0 saturated heterocycles. The number of ether oxygens (including phenoxy) is 3. The fraction of sp³-hybridized carbons (Fsp3) is 0.308. The van der Waals surface area contributed by atoms with Crippen molar-refractivity contribution in [3.63, 3.8) is 0 Å². The number of aromatic nitrogens is 1. The molecule has 0 amide bonds. The topological polar surface area (TPSA) is 57.7 Å². The molecule has 0 bridgehead atoms. The van der Waals surface area contributed by atoms with E-state index in [1.165, 1.54) is 0 Å². The second-order valence-electron chi connectivity index (χ2n) is 8.35. The predicted octanol–water partition coefficient (Wildman–Crippen LogP) is 4.95. The number of Topliss-reactive ketones (excluding diaryl/α,β-unsaturated/α-hetero) is 1. The molecule has 2 aliphatic rings. The average molecular weight is 415 g/mol. The summed E-state index contributed by atoms with van der Waals surface area (Å²) < 4.78 is 16.2. The highest BCUT2D eigenvalue weighted by atomic mass is 16.7. The van der Waals surface area contributed by atoms with Gasteiger partial charge in [-0.1, -0.05) is 18.2 Å². The van der Waals surface area contributed by atoms with Gasteiger partial charge in [0.2, 0.25) is 6.79 Å². The van der Waals surface area contributed by atoms with E-state index in [0.29, 0.717) is 6.42 Å². The average Bonchev–Trinajstić information content (AvgIpc) is 3.48. The first-order chi connectivity index (χ1) is 15.0. The number of hydrogen-bond donors (Lipinski definition) is 0. The lowest BCUT2D eigenvalue weighted by atomic mass is 9.87. The van der Waals surface area contributed by atoms with Crippen molar-refractivity contribution in [2.24, 2.45) is 0 Å². The standard InChI is InChI=1S/C26H25NO4/c1-16-17(2)22(27-14-21(16)18-4-7-20(29-3)8-5-18)13-25(28)26(10-11-26)19-6-9-23-24(12-19)31-15-30-23/h4-9,12,14H,10-11,13,15H2,1-3H3. The third-order valence-electron chi connectivity index (χ3n) is 6.69. The van der Waals surface area contributed by atoms with Crippen LogP contribution in [0.4, 0.5) is 0 Å². The fourth-order valence-corrected chi connectivity index (χ4v) is 4.36. The largest absolute Gasteiger partial charge is 0.497 e. The van der Waals surface area contributed by atoms with E-state index in [4.69, 9.17) is 19.2 Å². The van der Waals surface area contributed by atoms with Crippen molar-refractivity contribution < 1.29 is 19.0 Å². The molecule has 1 aliphatic heterocycles. The van der Waals surface area contributed by atoms with E-state index >= 15 is 0 Å². The number of pyridine rings is 1. The first-order valence-electron chi connectivity index (χ1n) is 10.5. The lowest BCUT2D eigenvalue weighted by Gasteiger charge is -2.17.